The highest BCUT2D eigenvalue weighted by molar-refractivity contribution is 5.71. The van der Waals surface area contributed by atoms with Crippen LogP contribution in [0, 0.1) is 0 Å². The SMILES string of the molecule is C=C1C[C@@H](O)CN1C(=O)OC(C)(C)C. The largest absolute Gasteiger partial charge is 0.443 e. The van der Waals surface area contributed by atoms with Crippen LogP contribution in [0.25, 0.3) is 0 Å². The van der Waals surface area contributed by atoms with Crippen LogP contribution in [0.2, 0.25) is 0 Å². The summed E-state index contributed by atoms with van der Waals surface area (Å²) in [6.07, 6.45) is -0.492. The lowest BCUT2D eigenvalue weighted by Gasteiger charge is -2.24. The van der Waals surface area contributed by atoms with E-state index < -0.39 is 17.8 Å². The molecule has 0 saturated carbocycles. The number of nitrogens with zero attached hydrogens (tertiary/aromatic N) is 1. The number of hydrogen-bond acceptors (Lipinski definition) is 3. The molecule has 1 aliphatic rings. The van der Waals surface area contributed by atoms with E-state index >= 15 is 0 Å². The first-order valence-corrected chi connectivity index (χ1v) is 4.66. The Labute approximate surface area is 84.2 Å². The first-order chi connectivity index (χ1) is 6.29. The second-order valence-electron chi connectivity index (χ2n) is 4.52. The van der Waals surface area contributed by atoms with Crippen LogP contribution >= 0.6 is 0 Å². The lowest BCUT2D eigenvalue weighted by Crippen LogP contribution is -2.34. The molecule has 1 rings (SSSR count). The molecule has 1 amide bonds. The standard InChI is InChI=1S/C10H17NO3/c1-7-5-8(12)6-11(7)9(13)14-10(2,3)4/h8,12H,1,5-6H2,2-4H3/t8-/m1/s1. The average molecular weight is 199 g/mol. The molecule has 0 aromatic heterocycles. The number of rotatable bonds is 0. The first-order valence-electron chi connectivity index (χ1n) is 4.66. The molecule has 1 fully saturated rings. The highest BCUT2D eigenvalue weighted by atomic mass is 16.6. The van der Waals surface area contributed by atoms with Gasteiger partial charge in [0.1, 0.15) is 5.60 Å². The Kier molecular flexibility index (Phi) is 2.85. The average Bonchev–Trinajstić information content (AvgIpc) is 2.26. The quantitative estimate of drug-likeness (QED) is 0.643. The maximum atomic E-state index is 11.5. The van der Waals surface area contributed by atoms with Crippen LogP contribution in [0.4, 0.5) is 4.79 Å². The van der Waals surface area contributed by atoms with Crippen LogP contribution in [0.15, 0.2) is 12.3 Å². The second-order valence-corrected chi connectivity index (χ2v) is 4.52. The third-order valence-electron chi connectivity index (χ3n) is 1.86. The summed E-state index contributed by atoms with van der Waals surface area (Å²) in [4.78, 5) is 12.9. The minimum Gasteiger partial charge on any atom is -0.443 e. The lowest BCUT2D eigenvalue weighted by atomic mass is 10.2. The van der Waals surface area contributed by atoms with Gasteiger partial charge in [-0.1, -0.05) is 6.58 Å². The van der Waals surface area contributed by atoms with E-state index in [-0.39, 0.29) is 6.54 Å². The van der Waals surface area contributed by atoms with Gasteiger partial charge >= 0.3 is 6.09 Å². The minimum absolute atomic E-state index is 0.285. The van der Waals surface area contributed by atoms with Crippen molar-refractivity contribution in [3.8, 4) is 0 Å². The monoisotopic (exact) mass is 199 g/mol. The summed E-state index contributed by atoms with van der Waals surface area (Å²) in [7, 11) is 0. The highest BCUT2D eigenvalue weighted by Gasteiger charge is 2.31. The van der Waals surface area contributed by atoms with Crippen LogP contribution in [0.5, 0.6) is 0 Å². The van der Waals surface area contributed by atoms with Gasteiger partial charge in [-0.25, -0.2) is 4.79 Å². The van der Waals surface area contributed by atoms with E-state index in [2.05, 4.69) is 6.58 Å². The van der Waals surface area contributed by atoms with Crippen LogP contribution in [-0.4, -0.2) is 34.3 Å². The van der Waals surface area contributed by atoms with Crippen molar-refractivity contribution in [3.05, 3.63) is 12.3 Å². The van der Waals surface area contributed by atoms with E-state index in [0.717, 1.165) is 0 Å². The Balaban J connectivity index is 2.58. The van der Waals surface area contributed by atoms with Gasteiger partial charge in [-0.05, 0) is 20.8 Å². The molecule has 1 aliphatic heterocycles. The van der Waals surface area contributed by atoms with Crippen molar-refractivity contribution in [3.63, 3.8) is 0 Å². The summed E-state index contributed by atoms with van der Waals surface area (Å²) < 4.78 is 5.16. The summed E-state index contributed by atoms with van der Waals surface area (Å²) in [6.45, 7) is 9.40. The molecule has 0 bridgehead atoms. The molecule has 1 saturated heterocycles. The van der Waals surface area contributed by atoms with Crippen molar-refractivity contribution < 1.29 is 14.6 Å². The summed E-state index contributed by atoms with van der Waals surface area (Å²) in [5.41, 5.74) is 0.108. The van der Waals surface area contributed by atoms with E-state index in [1.165, 1.54) is 4.90 Å². The molecule has 4 nitrogen and oxygen atoms in total. The van der Waals surface area contributed by atoms with Crippen molar-refractivity contribution in [2.24, 2.45) is 0 Å². The number of amides is 1. The fraction of sp³-hybridized carbons (Fsp3) is 0.700. The summed E-state index contributed by atoms with van der Waals surface area (Å²) in [5.74, 6) is 0. The molecule has 1 heterocycles. The van der Waals surface area contributed by atoms with Gasteiger partial charge in [-0.15, -0.1) is 0 Å². The van der Waals surface area contributed by atoms with Crippen molar-refractivity contribution >= 4 is 6.09 Å². The zero-order valence-corrected chi connectivity index (χ0v) is 8.91. The van der Waals surface area contributed by atoms with Gasteiger partial charge in [-0.3, -0.25) is 4.90 Å². The Morgan fingerprint density at radius 2 is 2.21 bits per heavy atom. The van der Waals surface area contributed by atoms with Gasteiger partial charge in [0.2, 0.25) is 0 Å². The summed E-state index contributed by atoms with van der Waals surface area (Å²) >= 11 is 0. The molecule has 14 heavy (non-hydrogen) atoms. The normalized spacial score (nSPS) is 22.7. The van der Waals surface area contributed by atoms with Gasteiger partial charge in [-0.2, -0.15) is 0 Å². The molecule has 0 aliphatic carbocycles. The molecule has 1 atom stereocenters. The third-order valence-corrected chi connectivity index (χ3v) is 1.86. The Hall–Kier alpha value is -1.03. The summed E-state index contributed by atoms with van der Waals surface area (Å²) in [5, 5.41) is 9.31. The number of aliphatic hydroxyl groups excluding tert-OH is 1. The smallest absolute Gasteiger partial charge is 0.414 e. The Morgan fingerprint density at radius 3 is 2.57 bits per heavy atom. The number of likely N-dealkylation sites (tertiary alicyclic amines) is 1. The van der Waals surface area contributed by atoms with Crippen LogP contribution < -0.4 is 0 Å². The Morgan fingerprint density at radius 1 is 1.64 bits per heavy atom. The number of carbonyl (C=O) groups excluding carboxylic acids is 1. The van der Waals surface area contributed by atoms with Gasteiger partial charge in [0.25, 0.3) is 0 Å². The van der Waals surface area contributed by atoms with Gasteiger partial charge in [0.15, 0.2) is 0 Å². The lowest BCUT2D eigenvalue weighted by molar-refractivity contribution is 0.0309. The van der Waals surface area contributed by atoms with Crippen molar-refractivity contribution in [1.29, 1.82) is 0 Å². The molecular formula is C10H17NO3. The number of β-amino-alcohol motifs (C(OH)–C–C–N with tert-alkyl or cyclic N) is 1. The predicted octanol–water partition coefficient (Wildman–Crippen LogP) is 1.50. The van der Waals surface area contributed by atoms with Crippen molar-refractivity contribution in [2.45, 2.75) is 38.9 Å². The topological polar surface area (TPSA) is 49.8 Å². The molecule has 4 heteroatoms. The predicted molar refractivity (Wildman–Crippen MR) is 52.7 cm³/mol. The third kappa shape index (κ3) is 2.73. The molecular weight excluding hydrogens is 182 g/mol. The van der Waals surface area contributed by atoms with E-state index in [0.29, 0.717) is 12.1 Å². The maximum absolute atomic E-state index is 11.5. The molecule has 0 spiro atoms. The number of hydrogen-bond donors (Lipinski definition) is 1. The molecule has 1 N–H and O–H groups in total. The molecule has 80 valence electrons. The number of aliphatic hydroxyl groups is 1. The van der Waals surface area contributed by atoms with Crippen LogP contribution in [-0.2, 0) is 4.74 Å². The number of carbonyl (C=O) groups is 1. The zero-order chi connectivity index (χ0) is 10.9. The highest BCUT2D eigenvalue weighted by Crippen LogP contribution is 2.22. The fourth-order valence-electron chi connectivity index (χ4n) is 1.31. The minimum atomic E-state index is -0.509. The van der Waals surface area contributed by atoms with Crippen molar-refractivity contribution in [2.75, 3.05) is 6.54 Å². The molecule has 0 aromatic rings. The van der Waals surface area contributed by atoms with E-state index in [9.17, 15) is 9.90 Å². The van der Waals surface area contributed by atoms with Crippen molar-refractivity contribution in [1.82, 2.24) is 4.90 Å². The fourth-order valence-corrected chi connectivity index (χ4v) is 1.31. The molecule has 0 radical (unpaired) electrons. The maximum Gasteiger partial charge on any atom is 0.414 e. The van der Waals surface area contributed by atoms with E-state index in [1.54, 1.807) is 20.8 Å². The molecule has 0 unspecified atom stereocenters. The molecule has 0 aromatic carbocycles. The van der Waals surface area contributed by atoms with Gasteiger partial charge in [0.05, 0.1) is 12.6 Å². The number of ether oxygens (including phenoxy) is 1. The summed E-state index contributed by atoms with van der Waals surface area (Å²) in [6, 6.07) is 0. The first kappa shape index (κ1) is 11.0. The van der Waals surface area contributed by atoms with Crippen LogP contribution in [0.1, 0.15) is 27.2 Å². The van der Waals surface area contributed by atoms with Gasteiger partial charge < -0.3 is 9.84 Å². The van der Waals surface area contributed by atoms with Crippen LogP contribution in [0.3, 0.4) is 0 Å². The van der Waals surface area contributed by atoms with E-state index in [1.807, 2.05) is 0 Å². The van der Waals surface area contributed by atoms with Gasteiger partial charge in [0, 0.05) is 12.1 Å². The Bertz CT molecular complexity index is 255. The second kappa shape index (κ2) is 3.61. The zero-order valence-electron chi connectivity index (χ0n) is 8.91. The van der Waals surface area contributed by atoms with E-state index in [4.69, 9.17) is 4.74 Å².